The van der Waals surface area contributed by atoms with E-state index in [2.05, 4.69) is 0 Å². The third kappa shape index (κ3) is 3.37. The van der Waals surface area contributed by atoms with E-state index in [4.69, 9.17) is 16.3 Å². The van der Waals surface area contributed by atoms with Crippen LogP contribution in [-0.2, 0) is 11.3 Å². The van der Waals surface area contributed by atoms with E-state index in [1.807, 2.05) is 30.3 Å². The number of hydrogen-bond donors (Lipinski definition) is 0. The lowest BCUT2D eigenvalue weighted by atomic mass is 10.2. The Hall–Kier alpha value is -1.22. The van der Waals surface area contributed by atoms with Crippen molar-refractivity contribution < 1.29 is 9.53 Å². The van der Waals surface area contributed by atoms with Gasteiger partial charge in [0, 0.05) is 19.0 Å². The molecule has 1 aliphatic heterocycles. The maximum Gasteiger partial charge on any atom is 0.410 e. The molecule has 1 aromatic carbocycles. The minimum Gasteiger partial charge on any atom is -0.445 e. The first-order chi connectivity index (χ1) is 8.29. The number of carbonyl (C=O) groups is 1. The summed E-state index contributed by atoms with van der Waals surface area (Å²) in [6.07, 6.45) is 0.741. The molecule has 1 saturated heterocycles. The van der Waals surface area contributed by atoms with Gasteiger partial charge in [-0.15, -0.1) is 11.6 Å². The number of amides is 1. The van der Waals surface area contributed by atoms with Crippen molar-refractivity contribution in [3.05, 3.63) is 35.9 Å². The van der Waals surface area contributed by atoms with Gasteiger partial charge in [-0.2, -0.15) is 0 Å². The summed E-state index contributed by atoms with van der Waals surface area (Å²) < 4.78 is 5.25. The number of alkyl halides is 1. The molecule has 0 aromatic heterocycles. The molecule has 3 nitrogen and oxygen atoms in total. The van der Waals surface area contributed by atoms with Gasteiger partial charge >= 0.3 is 6.09 Å². The quantitative estimate of drug-likeness (QED) is 0.776. The van der Waals surface area contributed by atoms with Crippen LogP contribution in [-0.4, -0.2) is 30.0 Å². The molecule has 17 heavy (non-hydrogen) atoms. The van der Waals surface area contributed by atoms with Gasteiger partial charge in [0.05, 0.1) is 0 Å². The number of hydrogen-bond acceptors (Lipinski definition) is 2. The van der Waals surface area contributed by atoms with Crippen LogP contribution in [0.15, 0.2) is 30.3 Å². The monoisotopic (exact) mass is 253 g/mol. The first-order valence-electron chi connectivity index (χ1n) is 5.81. The van der Waals surface area contributed by atoms with Crippen molar-refractivity contribution in [2.45, 2.75) is 13.0 Å². The minimum atomic E-state index is -0.235. The van der Waals surface area contributed by atoms with E-state index in [0.717, 1.165) is 25.1 Å². The van der Waals surface area contributed by atoms with Crippen molar-refractivity contribution in [2.24, 2.45) is 5.92 Å². The summed E-state index contributed by atoms with van der Waals surface area (Å²) in [4.78, 5) is 13.5. The molecule has 0 aliphatic carbocycles. The van der Waals surface area contributed by atoms with Crippen molar-refractivity contribution in [3.63, 3.8) is 0 Å². The van der Waals surface area contributed by atoms with Gasteiger partial charge < -0.3 is 9.64 Å². The molecule has 1 unspecified atom stereocenters. The van der Waals surface area contributed by atoms with E-state index in [-0.39, 0.29) is 6.09 Å². The number of carbonyl (C=O) groups excluding carboxylic acids is 1. The molecule has 0 saturated carbocycles. The number of benzene rings is 1. The summed E-state index contributed by atoms with van der Waals surface area (Å²) in [5.41, 5.74) is 1.01. The summed E-state index contributed by atoms with van der Waals surface area (Å²) in [6, 6.07) is 9.69. The Bertz CT molecular complexity index is 369. The predicted octanol–water partition coefficient (Wildman–Crippen LogP) is 2.88. The first kappa shape index (κ1) is 12.2. The highest BCUT2D eigenvalue weighted by Crippen LogP contribution is 2.18. The lowest BCUT2D eigenvalue weighted by Gasteiger charge is -2.15. The topological polar surface area (TPSA) is 29.5 Å². The minimum absolute atomic E-state index is 0.235. The Morgan fingerprint density at radius 1 is 1.41 bits per heavy atom. The predicted molar refractivity (Wildman–Crippen MR) is 67.0 cm³/mol. The third-order valence-electron chi connectivity index (χ3n) is 2.97. The number of rotatable bonds is 3. The molecule has 0 bridgehead atoms. The van der Waals surface area contributed by atoms with Crippen LogP contribution in [0.5, 0.6) is 0 Å². The second-order valence-electron chi connectivity index (χ2n) is 4.30. The molecule has 92 valence electrons. The van der Waals surface area contributed by atoms with Crippen molar-refractivity contribution in [1.82, 2.24) is 4.90 Å². The van der Waals surface area contributed by atoms with Crippen LogP contribution in [0, 0.1) is 5.92 Å². The molecular formula is C13H16ClNO2. The lowest BCUT2D eigenvalue weighted by Crippen LogP contribution is -2.29. The number of ether oxygens (including phenoxy) is 1. The van der Waals surface area contributed by atoms with Gasteiger partial charge in [0.1, 0.15) is 6.61 Å². The van der Waals surface area contributed by atoms with Gasteiger partial charge in [0.2, 0.25) is 0 Å². The second-order valence-corrected chi connectivity index (χ2v) is 4.60. The zero-order chi connectivity index (χ0) is 12.1. The van der Waals surface area contributed by atoms with Crippen LogP contribution in [0.3, 0.4) is 0 Å². The smallest absolute Gasteiger partial charge is 0.410 e. The SMILES string of the molecule is O=C(OCc1ccccc1)N1CCC(CCl)C1. The van der Waals surface area contributed by atoms with Crippen LogP contribution in [0.2, 0.25) is 0 Å². The summed E-state index contributed by atoms with van der Waals surface area (Å²) in [5, 5.41) is 0. The Labute approximate surface area is 106 Å². The standard InChI is InChI=1S/C13H16ClNO2/c14-8-12-6-7-15(9-12)13(16)17-10-11-4-2-1-3-5-11/h1-5,12H,6-10H2. The van der Waals surface area contributed by atoms with E-state index < -0.39 is 0 Å². The van der Waals surface area contributed by atoms with Gasteiger partial charge in [-0.05, 0) is 17.9 Å². The summed E-state index contributed by atoms with van der Waals surface area (Å²) in [7, 11) is 0. The van der Waals surface area contributed by atoms with Crippen molar-refractivity contribution in [1.29, 1.82) is 0 Å². The summed E-state index contributed by atoms with van der Waals surface area (Å²) in [5.74, 6) is 1.03. The molecule has 1 aromatic rings. The van der Waals surface area contributed by atoms with E-state index in [1.54, 1.807) is 4.90 Å². The lowest BCUT2D eigenvalue weighted by molar-refractivity contribution is 0.103. The third-order valence-corrected chi connectivity index (χ3v) is 3.40. The molecule has 1 heterocycles. The van der Waals surface area contributed by atoms with Crippen LogP contribution in [0.1, 0.15) is 12.0 Å². The molecule has 1 fully saturated rings. The normalized spacial score (nSPS) is 19.4. The molecule has 1 aliphatic rings. The van der Waals surface area contributed by atoms with Gasteiger partial charge in [0.15, 0.2) is 0 Å². The van der Waals surface area contributed by atoms with Crippen molar-refractivity contribution >= 4 is 17.7 Å². The summed E-state index contributed by atoms with van der Waals surface area (Å²) >= 11 is 5.77. The largest absolute Gasteiger partial charge is 0.445 e. The Morgan fingerprint density at radius 3 is 2.82 bits per heavy atom. The molecule has 0 spiro atoms. The van der Waals surface area contributed by atoms with E-state index in [1.165, 1.54) is 0 Å². The number of likely N-dealkylation sites (tertiary alicyclic amines) is 1. The Balaban J connectivity index is 1.78. The van der Waals surface area contributed by atoms with Gasteiger partial charge in [-0.1, -0.05) is 30.3 Å². The molecule has 1 amide bonds. The Morgan fingerprint density at radius 2 is 2.18 bits per heavy atom. The van der Waals surface area contributed by atoms with Crippen LogP contribution < -0.4 is 0 Å². The van der Waals surface area contributed by atoms with E-state index >= 15 is 0 Å². The highest BCUT2D eigenvalue weighted by molar-refractivity contribution is 6.18. The summed E-state index contributed by atoms with van der Waals surface area (Å²) in [6.45, 7) is 1.81. The van der Waals surface area contributed by atoms with E-state index in [0.29, 0.717) is 18.4 Å². The fourth-order valence-electron chi connectivity index (χ4n) is 1.94. The highest BCUT2D eigenvalue weighted by atomic mass is 35.5. The molecule has 0 N–H and O–H groups in total. The first-order valence-corrected chi connectivity index (χ1v) is 6.34. The molecule has 4 heteroatoms. The average molecular weight is 254 g/mol. The maximum absolute atomic E-state index is 11.7. The number of nitrogens with zero attached hydrogens (tertiary/aromatic N) is 1. The van der Waals surface area contributed by atoms with Crippen LogP contribution in [0.4, 0.5) is 4.79 Å². The van der Waals surface area contributed by atoms with Crippen molar-refractivity contribution in [2.75, 3.05) is 19.0 Å². The Kier molecular flexibility index (Phi) is 4.26. The molecule has 1 atom stereocenters. The molecular weight excluding hydrogens is 238 g/mol. The van der Waals surface area contributed by atoms with Gasteiger partial charge in [-0.25, -0.2) is 4.79 Å². The zero-order valence-corrected chi connectivity index (χ0v) is 10.4. The van der Waals surface area contributed by atoms with Gasteiger partial charge in [0.25, 0.3) is 0 Å². The zero-order valence-electron chi connectivity index (χ0n) is 9.64. The van der Waals surface area contributed by atoms with Gasteiger partial charge in [-0.3, -0.25) is 0 Å². The van der Waals surface area contributed by atoms with Crippen LogP contribution >= 0.6 is 11.6 Å². The fraction of sp³-hybridized carbons (Fsp3) is 0.462. The second kappa shape index (κ2) is 5.92. The molecule has 0 radical (unpaired) electrons. The van der Waals surface area contributed by atoms with E-state index in [9.17, 15) is 4.79 Å². The molecule has 2 rings (SSSR count). The number of halogens is 1. The average Bonchev–Trinajstić information content (AvgIpc) is 2.86. The van der Waals surface area contributed by atoms with Crippen LogP contribution in [0.25, 0.3) is 0 Å². The maximum atomic E-state index is 11.7. The highest BCUT2D eigenvalue weighted by Gasteiger charge is 2.26. The van der Waals surface area contributed by atoms with Crippen molar-refractivity contribution in [3.8, 4) is 0 Å². The fourth-order valence-corrected chi connectivity index (χ4v) is 2.19.